The van der Waals surface area contributed by atoms with Crippen molar-refractivity contribution < 1.29 is 9.32 Å². The molecule has 0 bridgehead atoms. The Bertz CT molecular complexity index is 1150. The van der Waals surface area contributed by atoms with Crippen molar-refractivity contribution in [3.05, 3.63) is 78.9 Å². The van der Waals surface area contributed by atoms with Crippen LogP contribution in [0.25, 0.3) is 22.8 Å². The predicted molar refractivity (Wildman–Crippen MR) is 119 cm³/mol. The van der Waals surface area contributed by atoms with Gasteiger partial charge < -0.3 is 20.1 Å². The van der Waals surface area contributed by atoms with Crippen LogP contribution in [0.3, 0.4) is 0 Å². The molecule has 150 valence electrons. The minimum absolute atomic E-state index is 0.326. The molecule has 0 aliphatic heterocycles. The molecule has 4 rings (SSSR count). The molecule has 0 saturated heterocycles. The summed E-state index contributed by atoms with van der Waals surface area (Å²) in [5, 5.41) is 9.70. The lowest BCUT2D eigenvalue weighted by Gasteiger charge is -2.12. The van der Waals surface area contributed by atoms with Gasteiger partial charge in [-0.15, -0.1) is 0 Å². The Morgan fingerprint density at radius 1 is 0.833 bits per heavy atom. The van der Waals surface area contributed by atoms with Gasteiger partial charge in [-0.3, -0.25) is 0 Å². The number of hydrogen-bond donors (Lipinski definition) is 2. The lowest BCUT2D eigenvalue weighted by Crippen LogP contribution is -2.19. The molecule has 7 nitrogen and oxygen atoms in total. The maximum atomic E-state index is 12.2. The van der Waals surface area contributed by atoms with Crippen LogP contribution in [-0.4, -0.2) is 30.3 Å². The molecule has 0 saturated carbocycles. The molecule has 0 fully saturated rings. The van der Waals surface area contributed by atoms with Crippen molar-refractivity contribution in [2.45, 2.75) is 0 Å². The third-order valence-corrected chi connectivity index (χ3v) is 4.45. The summed E-state index contributed by atoms with van der Waals surface area (Å²) in [4.78, 5) is 18.8. The highest BCUT2D eigenvalue weighted by Gasteiger charge is 2.12. The SMILES string of the molecule is CN(C)c1cccc(-c2nc(-c3cccc(NC(=O)Nc4ccccc4)c3)no2)c1. The summed E-state index contributed by atoms with van der Waals surface area (Å²) in [6.45, 7) is 0. The van der Waals surface area contributed by atoms with Crippen molar-refractivity contribution in [2.24, 2.45) is 0 Å². The first-order valence-electron chi connectivity index (χ1n) is 9.43. The van der Waals surface area contributed by atoms with E-state index in [0.717, 1.165) is 16.8 Å². The van der Waals surface area contributed by atoms with Crippen LogP contribution in [0.5, 0.6) is 0 Å². The molecule has 4 aromatic rings. The Kier molecular flexibility index (Phi) is 5.43. The minimum atomic E-state index is -0.326. The quantitative estimate of drug-likeness (QED) is 0.487. The second-order valence-electron chi connectivity index (χ2n) is 6.89. The van der Waals surface area contributed by atoms with Crippen LogP contribution in [0.4, 0.5) is 21.9 Å². The number of anilines is 3. The number of nitrogens with zero attached hydrogens (tertiary/aromatic N) is 3. The second kappa shape index (κ2) is 8.48. The van der Waals surface area contributed by atoms with Crippen LogP contribution in [0.15, 0.2) is 83.4 Å². The average Bonchev–Trinajstić information content (AvgIpc) is 3.25. The van der Waals surface area contributed by atoms with Gasteiger partial charge >= 0.3 is 6.03 Å². The minimum Gasteiger partial charge on any atom is -0.378 e. The molecule has 3 aromatic carbocycles. The van der Waals surface area contributed by atoms with Gasteiger partial charge in [0.05, 0.1) is 0 Å². The zero-order chi connectivity index (χ0) is 20.9. The summed E-state index contributed by atoms with van der Waals surface area (Å²) < 4.78 is 5.46. The van der Waals surface area contributed by atoms with Crippen molar-refractivity contribution >= 4 is 23.1 Å². The summed E-state index contributed by atoms with van der Waals surface area (Å²) in [6.07, 6.45) is 0. The summed E-state index contributed by atoms with van der Waals surface area (Å²) in [5.74, 6) is 0.890. The fourth-order valence-electron chi connectivity index (χ4n) is 2.93. The van der Waals surface area contributed by atoms with Gasteiger partial charge in [0.15, 0.2) is 0 Å². The Balaban J connectivity index is 1.50. The zero-order valence-electron chi connectivity index (χ0n) is 16.7. The number of carbonyl (C=O) groups is 1. The number of aromatic nitrogens is 2. The lowest BCUT2D eigenvalue weighted by molar-refractivity contribution is 0.262. The number of hydrogen-bond acceptors (Lipinski definition) is 5. The summed E-state index contributed by atoms with van der Waals surface area (Å²) in [7, 11) is 3.95. The van der Waals surface area contributed by atoms with E-state index < -0.39 is 0 Å². The maximum Gasteiger partial charge on any atom is 0.323 e. The first-order valence-corrected chi connectivity index (χ1v) is 9.43. The monoisotopic (exact) mass is 399 g/mol. The predicted octanol–water partition coefficient (Wildman–Crippen LogP) is 5.11. The Labute approximate surface area is 174 Å². The number of urea groups is 1. The van der Waals surface area contributed by atoms with Crippen LogP contribution in [-0.2, 0) is 0 Å². The second-order valence-corrected chi connectivity index (χ2v) is 6.89. The molecule has 0 aliphatic rings. The van der Waals surface area contributed by atoms with E-state index in [2.05, 4.69) is 20.8 Å². The number of para-hydroxylation sites is 1. The van der Waals surface area contributed by atoms with Crippen LogP contribution in [0.2, 0.25) is 0 Å². The molecule has 2 amide bonds. The normalized spacial score (nSPS) is 10.5. The maximum absolute atomic E-state index is 12.2. The van der Waals surface area contributed by atoms with Gasteiger partial charge in [-0.2, -0.15) is 4.98 Å². The Morgan fingerprint density at radius 3 is 2.33 bits per heavy atom. The molecule has 0 aliphatic carbocycles. The highest BCUT2D eigenvalue weighted by Crippen LogP contribution is 2.26. The van der Waals surface area contributed by atoms with Gasteiger partial charge in [-0.25, -0.2) is 4.79 Å². The highest BCUT2D eigenvalue weighted by molar-refractivity contribution is 6.00. The van der Waals surface area contributed by atoms with Gasteiger partial charge in [-0.05, 0) is 42.5 Å². The van der Waals surface area contributed by atoms with Crippen LogP contribution in [0.1, 0.15) is 0 Å². The van der Waals surface area contributed by atoms with Gasteiger partial charge in [0.1, 0.15) is 0 Å². The number of benzene rings is 3. The first-order chi connectivity index (χ1) is 14.6. The van der Waals surface area contributed by atoms with Crippen molar-refractivity contribution in [1.29, 1.82) is 0 Å². The molecule has 30 heavy (non-hydrogen) atoms. The highest BCUT2D eigenvalue weighted by atomic mass is 16.5. The van der Waals surface area contributed by atoms with Gasteiger partial charge in [0.2, 0.25) is 5.82 Å². The lowest BCUT2D eigenvalue weighted by atomic mass is 10.1. The van der Waals surface area contributed by atoms with E-state index in [1.807, 2.05) is 85.7 Å². The van der Waals surface area contributed by atoms with Crippen molar-refractivity contribution in [2.75, 3.05) is 29.6 Å². The molecule has 0 atom stereocenters. The van der Waals surface area contributed by atoms with Crippen LogP contribution < -0.4 is 15.5 Å². The largest absolute Gasteiger partial charge is 0.378 e. The van der Waals surface area contributed by atoms with E-state index in [1.165, 1.54) is 0 Å². The van der Waals surface area contributed by atoms with Gasteiger partial charge in [-0.1, -0.05) is 41.6 Å². The fraction of sp³-hybridized carbons (Fsp3) is 0.0870. The van der Waals surface area contributed by atoms with E-state index in [4.69, 9.17) is 4.52 Å². The average molecular weight is 399 g/mol. The topological polar surface area (TPSA) is 83.3 Å². The molecule has 1 aromatic heterocycles. The Morgan fingerprint density at radius 2 is 1.53 bits per heavy atom. The molecular weight excluding hydrogens is 378 g/mol. The van der Waals surface area contributed by atoms with E-state index in [9.17, 15) is 4.79 Å². The summed E-state index contributed by atoms with van der Waals surface area (Å²) in [6, 6.07) is 24.1. The van der Waals surface area contributed by atoms with Gasteiger partial charge in [0.25, 0.3) is 5.89 Å². The smallest absolute Gasteiger partial charge is 0.323 e. The third-order valence-electron chi connectivity index (χ3n) is 4.45. The third kappa shape index (κ3) is 4.47. The number of amides is 2. The van der Waals surface area contributed by atoms with Crippen molar-refractivity contribution in [3.63, 3.8) is 0 Å². The van der Waals surface area contributed by atoms with Crippen molar-refractivity contribution in [3.8, 4) is 22.8 Å². The van der Waals surface area contributed by atoms with Crippen LogP contribution >= 0.6 is 0 Å². The zero-order valence-corrected chi connectivity index (χ0v) is 16.7. The van der Waals surface area contributed by atoms with E-state index in [-0.39, 0.29) is 6.03 Å². The van der Waals surface area contributed by atoms with E-state index in [0.29, 0.717) is 23.1 Å². The number of nitrogens with one attached hydrogen (secondary N) is 2. The van der Waals surface area contributed by atoms with Gasteiger partial charge in [0, 0.05) is 42.3 Å². The van der Waals surface area contributed by atoms with Crippen LogP contribution in [0, 0.1) is 0 Å². The fourth-order valence-corrected chi connectivity index (χ4v) is 2.93. The molecule has 1 heterocycles. The molecule has 7 heteroatoms. The first kappa shape index (κ1) is 19.2. The summed E-state index contributed by atoms with van der Waals surface area (Å²) in [5.41, 5.74) is 3.97. The molecular formula is C23H21N5O2. The number of rotatable bonds is 5. The van der Waals surface area contributed by atoms with E-state index >= 15 is 0 Å². The summed E-state index contributed by atoms with van der Waals surface area (Å²) >= 11 is 0. The molecule has 2 N–H and O–H groups in total. The van der Waals surface area contributed by atoms with E-state index in [1.54, 1.807) is 12.1 Å². The molecule has 0 unspecified atom stereocenters. The molecule has 0 radical (unpaired) electrons. The molecule has 0 spiro atoms. The number of carbonyl (C=O) groups excluding carboxylic acids is 1. The Hall–Kier alpha value is -4.13. The standard InChI is InChI=1S/C23H21N5O2/c1-28(2)20-13-7-9-17(15-20)22-26-21(27-30-22)16-8-6-12-19(14-16)25-23(29)24-18-10-4-3-5-11-18/h3-15H,1-2H3,(H2,24,25,29). The van der Waals surface area contributed by atoms with Crippen molar-refractivity contribution in [1.82, 2.24) is 10.1 Å².